The van der Waals surface area contributed by atoms with Gasteiger partial charge in [0.2, 0.25) is 10.0 Å². The van der Waals surface area contributed by atoms with Crippen molar-refractivity contribution in [3.05, 3.63) is 64.4 Å². The van der Waals surface area contributed by atoms with Crippen LogP contribution in [0.5, 0.6) is 0 Å². The van der Waals surface area contributed by atoms with E-state index in [-0.39, 0.29) is 10.8 Å². The van der Waals surface area contributed by atoms with Crippen molar-refractivity contribution >= 4 is 31.9 Å². The standard InChI is InChI=1S/C19H21BrFN3O3S/c20-18-4-2-1-3-17(18)19(25)22-9-10-23-11-13-24(14-12-23)28(26,27)16-7-5-15(21)6-8-16/h1-8H,9-14H2,(H,22,25). The molecule has 2 aromatic rings. The Balaban J connectivity index is 1.47. The summed E-state index contributed by atoms with van der Waals surface area (Å²) < 4.78 is 40.4. The number of hydrogen-bond acceptors (Lipinski definition) is 4. The predicted octanol–water partition coefficient (Wildman–Crippen LogP) is 2.32. The summed E-state index contributed by atoms with van der Waals surface area (Å²) in [5.41, 5.74) is 0.581. The van der Waals surface area contributed by atoms with E-state index in [4.69, 9.17) is 0 Å². The number of rotatable bonds is 6. The van der Waals surface area contributed by atoms with Crippen molar-refractivity contribution in [1.29, 1.82) is 0 Å². The Kier molecular flexibility index (Phi) is 6.82. The topological polar surface area (TPSA) is 69.7 Å². The molecule has 1 amide bonds. The van der Waals surface area contributed by atoms with Gasteiger partial charge in [0.05, 0.1) is 10.5 Å². The molecule has 0 aliphatic carbocycles. The molecule has 0 saturated carbocycles. The van der Waals surface area contributed by atoms with E-state index in [1.165, 1.54) is 16.4 Å². The van der Waals surface area contributed by atoms with Crippen LogP contribution in [0.2, 0.25) is 0 Å². The number of carbonyl (C=O) groups excluding carboxylic acids is 1. The number of hydrogen-bond donors (Lipinski definition) is 1. The number of amides is 1. The number of nitrogens with one attached hydrogen (secondary N) is 1. The summed E-state index contributed by atoms with van der Waals surface area (Å²) in [5.74, 6) is -0.613. The molecule has 2 aromatic carbocycles. The fourth-order valence-electron chi connectivity index (χ4n) is 3.02. The van der Waals surface area contributed by atoms with Crippen LogP contribution >= 0.6 is 15.9 Å². The van der Waals surface area contributed by atoms with Crippen LogP contribution in [0, 0.1) is 5.82 Å². The summed E-state index contributed by atoms with van der Waals surface area (Å²) in [4.78, 5) is 14.4. The van der Waals surface area contributed by atoms with E-state index in [9.17, 15) is 17.6 Å². The third-order valence-electron chi connectivity index (χ3n) is 4.61. The molecule has 1 aliphatic rings. The Morgan fingerprint density at radius 2 is 1.68 bits per heavy atom. The minimum absolute atomic E-state index is 0.100. The third kappa shape index (κ3) is 4.96. The lowest BCUT2D eigenvalue weighted by molar-refractivity contribution is 0.0944. The van der Waals surface area contributed by atoms with Crippen molar-refractivity contribution in [3.8, 4) is 0 Å². The molecule has 0 radical (unpaired) electrons. The summed E-state index contributed by atoms with van der Waals surface area (Å²) in [5, 5.41) is 2.88. The monoisotopic (exact) mass is 469 g/mol. The molecule has 0 unspecified atom stereocenters. The summed E-state index contributed by atoms with van der Waals surface area (Å²) in [6.07, 6.45) is 0. The first-order chi connectivity index (χ1) is 13.4. The summed E-state index contributed by atoms with van der Waals surface area (Å²) in [6.45, 7) is 2.98. The van der Waals surface area contributed by atoms with Gasteiger partial charge >= 0.3 is 0 Å². The molecular formula is C19H21BrFN3O3S. The first kappa shape index (κ1) is 20.9. The van der Waals surface area contributed by atoms with Gasteiger partial charge in [0, 0.05) is 43.7 Å². The molecule has 0 bridgehead atoms. The molecule has 0 spiro atoms. The normalized spacial score (nSPS) is 16.1. The zero-order valence-corrected chi connectivity index (χ0v) is 17.5. The Morgan fingerprint density at radius 3 is 2.32 bits per heavy atom. The first-order valence-corrected chi connectivity index (χ1v) is 11.1. The van der Waals surface area contributed by atoms with E-state index in [1.807, 2.05) is 12.1 Å². The minimum atomic E-state index is -3.61. The van der Waals surface area contributed by atoms with Crippen LogP contribution in [-0.2, 0) is 10.0 Å². The maximum Gasteiger partial charge on any atom is 0.252 e. The fourth-order valence-corrected chi connectivity index (χ4v) is 4.90. The van der Waals surface area contributed by atoms with Crippen molar-refractivity contribution < 1.29 is 17.6 Å². The van der Waals surface area contributed by atoms with Gasteiger partial charge in [-0.05, 0) is 52.3 Å². The average Bonchev–Trinajstić information content (AvgIpc) is 2.69. The zero-order chi connectivity index (χ0) is 20.1. The lowest BCUT2D eigenvalue weighted by Crippen LogP contribution is -2.50. The van der Waals surface area contributed by atoms with Gasteiger partial charge in [0.1, 0.15) is 5.82 Å². The number of piperazine rings is 1. The smallest absolute Gasteiger partial charge is 0.252 e. The molecule has 1 heterocycles. The highest BCUT2D eigenvalue weighted by Gasteiger charge is 2.28. The Bertz CT molecular complexity index is 930. The number of carbonyl (C=O) groups is 1. The SMILES string of the molecule is O=C(NCCN1CCN(S(=O)(=O)c2ccc(F)cc2)CC1)c1ccccc1Br. The summed E-state index contributed by atoms with van der Waals surface area (Å²) >= 11 is 3.36. The lowest BCUT2D eigenvalue weighted by Gasteiger charge is -2.33. The van der Waals surface area contributed by atoms with Crippen molar-refractivity contribution in [2.75, 3.05) is 39.3 Å². The number of benzene rings is 2. The van der Waals surface area contributed by atoms with Crippen LogP contribution in [0.4, 0.5) is 4.39 Å². The van der Waals surface area contributed by atoms with Gasteiger partial charge in [-0.3, -0.25) is 9.69 Å². The van der Waals surface area contributed by atoms with E-state index >= 15 is 0 Å². The highest BCUT2D eigenvalue weighted by atomic mass is 79.9. The summed E-state index contributed by atoms with van der Waals surface area (Å²) in [6, 6.07) is 12.1. The van der Waals surface area contributed by atoms with Gasteiger partial charge in [0.25, 0.3) is 5.91 Å². The molecule has 0 aromatic heterocycles. The fraction of sp³-hybridized carbons (Fsp3) is 0.316. The van der Waals surface area contributed by atoms with Crippen LogP contribution in [-0.4, -0.2) is 62.8 Å². The van der Waals surface area contributed by atoms with Gasteiger partial charge in [-0.2, -0.15) is 4.31 Å². The number of nitrogens with zero attached hydrogens (tertiary/aromatic N) is 2. The average molecular weight is 470 g/mol. The molecule has 1 N–H and O–H groups in total. The molecule has 0 atom stereocenters. The second-order valence-corrected chi connectivity index (χ2v) is 9.23. The molecule has 150 valence electrons. The van der Waals surface area contributed by atoms with Crippen molar-refractivity contribution in [3.63, 3.8) is 0 Å². The molecule has 1 fully saturated rings. The van der Waals surface area contributed by atoms with Gasteiger partial charge in [0.15, 0.2) is 0 Å². The van der Waals surface area contributed by atoms with Crippen LogP contribution < -0.4 is 5.32 Å². The quantitative estimate of drug-likeness (QED) is 0.704. The second-order valence-electron chi connectivity index (χ2n) is 6.44. The minimum Gasteiger partial charge on any atom is -0.351 e. The zero-order valence-electron chi connectivity index (χ0n) is 15.1. The van der Waals surface area contributed by atoms with Crippen LogP contribution in [0.25, 0.3) is 0 Å². The molecule has 1 saturated heterocycles. The molecule has 9 heteroatoms. The Labute approximate surface area is 172 Å². The molecule has 6 nitrogen and oxygen atoms in total. The lowest BCUT2D eigenvalue weighted by atomic mass is 10.2. The maximum absolute atomic E-state index is 13.0. The largest absolute Gasteiger partial charge is 0.351 e. The van der Waals surface area contributed by atoms with Gasteiger partial charge in [-0.15, -0.1) is 0 Å². The molecule has 28 heavy (non-hydrogen) atoms. The maximum atomic E-state index is 13.0. The van der Waals surface area contributed by atoms with E-state index in [0.29, 0.717) is 44.8 Å². The van der Waals surface area contributed by atoms with Crippen LogP contribution in [0.15, 0.2) is 57.9 Å². The first-order valence-electron chi connectivity index (χ1n) is 8.89. The van der Waals surface area contributed by atoms with E-state index < -0.39 is 15.8 Å². The number of sulfonamides is 1. The highest BCUT2D eigenvalue weighted by molar-refractivity contribution is 9.10. The molecule has 1 aliphatic heterocycles. The van der Waals surface area contributed by atoms with Crippen LogP contribution in [0.3, 0.4) is 0 Å². The van der Waals surface area contributed by atoms with Crippen molar-refractivity contribution in [1.82, 2.24) is 14.5 Å². The number of halogens is 2. The summed E-state index contributed by atoms with van der Waals surface area (Å²) in [7, 11) is -3.61. The van der Waals surface area contributed by atoms with Gasteiger partial charge in [-0.1, -0.05) is 12.1 Å². The van der Waals surface area contributed by atoms with E-state index in [1.54, 1.807) is 12.1 Å². The third-order valence-corrected chi connectivity index (χ3v) is 7.22. The predicted molar refractivity (Wildman–Crippen MR) is 108 cm³/mol. The Hall–Kier alpha value is -1.81. The molecular weight excluding hydrogens is 449 g/mol. The van der Waals surface area contributed by atoms with Crippen molar-refractivity contribution in [2.45, 2.75) is 4.90 Å². The highest BCUT2D eigenvalue weighted by Crippen LogP contribution is 2.18. The van der Waals surface area contributed by atoms with Crippen LogP contribution in [0.1, 0.15) is 10.4 Å². The second kappa shape index (κ2) is 9.13. The van der Waals surface area contributed by atoms with Gasteiger partial charge in [-0.25, -0.2) is 12.8 Å². The Morgan fingerprint density at radius 1 is 1.04 bits per heavy atom. The molecule has 3 rings (SSSR count). The van der Waals surface area contributed by atoms with Crippen molar-refractivity contribution in [2.24, 2.45) is 0 Å². The van der Waals surface area contributed by atoms with E-state index in [2.05, 4.69) is 26.1 Å². The van der Waals surface area contributed by atoms with Gasteiger partial charge < -0.3 is 5.32 Å². The van der Waals surface area contributed by atoms with E-state index in [0.717, 1.165) is 16.6 Å².